The lowest BCUT2D eigenvalue weighted by Crippen LogP contribution is -2.29. The molecule has 1 heterocycles. The maximum absolute atomic E-state index is 13.3. The topological polar surface area (TPSA) is 72.6 Å². The van der Waals surface area contributed by atoms with Gasteiger partial charge in [-0.1, -0.05) is 29.8 Å². The van der Waals surface area contributed by atoms with Gasteiger partial charge in [-0.25, -0.2) is 0 Å². The van der Waals surface area contributed by atoms with Crippen molar-refractivity contribution < 1.29 is 14.3 Å². The second-order valence-electron chi connectivity index (χ2n) is 6.78. The molecule has 1 spiro atoms. The highest BCUT2D eigenvalue weighted by molar-refractivity contribution is 6.35. The van der Waals surface area contributed by atoms with Gasteiger partial charge in [0, 0.05) is 12.1 Å². The van der Waals surface area contributed by atoms with Gasteiger partial charge in [-0.15, -0.1) is 0 Å². The summed E-state index contributed by atoms with van der Waals surface area (Å²) in [5, 5.41) is 0.543. The van der Waals surface area contributed by atoms with Gasteiger partial charge in [-0.05, 0) is 48.6 Å². The van der Waals surface area contributed by atoms with Crippen LogP contribution in [0.15, 0.2) is 36.4 Å². The number of nitrogens with zero attached hydrogens (tertiary/aromatic N) is 1. The van der Waals surface area contributed by atoms with Gasteiger partial charge in [0.25, 0.3) is 0 Å². The van der Waals surface area contributed by atoms with Crippen molar-refractivity contribution in [3.63, 3.8) is 0 Å². The summed E-state index contributed by atoms with van der Waals surface area (Å²) < 4.78 is 4.74. The number of ether oxygens (including phenoxy) is 1. The first-order valence-corrected chi connectivity index (χ1v) is 8.95. The quantitative estimate of drug-likeness (QED) is 0.657. The summed E-state index contributed by atoms with van der Waals surface area (Å²) in [5.74, 6) is -0.283. The Morgan fingerprint density at radius 2 is 2.00 bits per heavy atom. The molecule has 2 aliphatic rings. The van der Waals surface area contributed by atoms with E-state index < -0.39 is 5.41 Å². The normalized spacial score (nSPS) is 16.7. The average molecular weight is 371 g/mol. The number of para-hydroxylation sites is 1. The van der Waals surface area contributed by atoms with Gasteiger partial charge >= 0.3 is 5.97 Å². The first kappa shape index (κ1) is 16.9. The fourth-order valence-electron chi connectivity index (χ4n) is 3.80. The molecule has 6 heteroatoms. The summed E-state index contributed by atoms with van der Waals surface area (Å²) in [6.45, 7) is 0. The maximum atomic E-state index is 13.3. The summed E-state index contributed by atoms with van der Waals surface area (Å²) in [6.07, 6.45) is 2.25. The van der Waals surface area contributed by atoms with Gasteiger partial charge in [0.15, 0.2) is 0 Å². The minimum atomic E-state index is -0.454. The molecule has 2 aromatic carbocycles. The standard InChI is InChI=1S/C20H19ClN2O3/c1-26-17(24)9-8-12-15(22)6-3-7-16(12)23-18-13(4-2-5-14(18)21)20(10-11-20)19(23)25/h2-7H,8-11,22H2,1H3. The van der Waals surface area contributed by atoms with Crippen LogP contribution in [0.5, 0.6) is 0 Å². The monoisotopic (exact) mass is 370 g/mol. The van der Waals surface area contributed by atoms with Gasteiger partial charge in [0.2, 0.25) is 5.91 Å². The highest BCUT2D eigenvalue weighted by atomic mass is 35.5. The first-order chi connectivity index (χ1) is 12.5. The third-order valence-electron chi connectivity index (χ3n) is 5.32. The van der Waals surface area contributed by atoms with Crippen LogP contribution in [0.1, 0.15) is 30.4 Å². The van der Waals surface area contributed by atoms with E-state index in [9.17, 15) is 9.59 Å². The highest BCUT2D eigenvalue weighted by Crippen LogP contribution is 2.60. The molecule has 2 aromatic rings. The van der Waals surface area contributed by atoms with E-state index >= 15 is 0 Å². The zero-order chi connectivity index (χ0) is 18.5. The number of nitrogen functional groups attached to an aromatic ring is 1. The molecule has 5 nitrogen and oxygen atoms in total. The first-order valence-electron chi connectivity index (χ1n) is 8.57. The number of esters is 1. The number of methoxy groups -OCH3 is 1. The number of anilines is 3. The van der Waals surface area contributed by atoms with E-state index in [4.69, 9.17) is 22.1 Å². The minimum Gasteiger partial charge on any atom is -0.469 e. The van der Waals surface area contributed by atoms with Crippen molar-refractivity contribution in [2.45, 2.75) is 31.1 Å². The van der Waals surface area contributed by atoms with Crippen LogP contribution in [0.25, 0.3) is 0 Å². The third-order valence-corrected chi connectivity index (χ3v) is 5.63. The van der Waals surface area contributed by atoms with Crippen molar-refractivity contribution in [1.82, 2.24) is 0 Å². The molecular formula is C20H19ClN2O3. The molecule has 0 bridgehead atoms. The molecule has 0 atom stereocenters. The van der Waals surface area contributed by atoms with Gasteiger partial charge < -0.3 is 10.5 Å². The van der Waals surface area contributed by atoms with Gasteiger partial charge in [0.05, 0.1) is 28.9 Å². The van der Waals surface area contributed by atoms with Crippen LogP contribution in [-0.4, -0.2) is 19.0 Å². The van der Waals surface area contributed by atoms with Crippen molar-refractivity contribution in [1.29, 1.82) is 0 Å². The minimum absolute atomic E-state index is 0.0329. The predicted octanol–water partition coefficient (Wildman–Crippen LogP) is 3.74. The number of amides is 1. The second kappa shape index (κ2) is 6.02. The van der Waals surface area contributed by atoms with Crippen molar-refractivity contribution in [2.24, 2.45) is 0 Å². The van der Waals surface area contributed by atoms with Crippen LogP contribution < -0.4 is 10.6 Å². The Kier molecular flexibility index (Phi) is 3.92. The van der Waals surface area contributed by atoms with Crippen molar-refractivity contribution in [3.05, 3.63) is 52.5 Å². The summed E-state index contributed by atoms with van der Waals surface area (Å²) in [4.78, 5) is 26.6. The smallest absolute Gasteiger partial charge is 0.305 e. The number of benzene rings is 2. The largest absolute Gasteiger partial charge is 0.469 e. The van der Waals surface area contributed by atoms with Gasteiger partial charge in [-0.3, -0.25) is 14.5 Å². The van der Waals surface area contributed by atoms with Crippen LogP contribution in [0, 0.1) is 0 Å². The zero-order valence-corrected chi connectivity index (χ0v) is 15.2. The van der Waals surface area contributed by atoms with Crippen LogP contribution in [-0.2, 0) is 26.2 Å². The maximum Gasteiger partial charge on any atom is 0.305 e. The molecule has 1 fully saturated rings. The SMILES string of the molecule is COC(=O)CCc1c(N)cccc1N1C(=O)C2(CC2)c2cccc(Cl)c21. The van der Waals surface area contributed by atoms with E-state index in [1.54, 1.807) is 17.0 Å². The molecular weight excluding hydrogens is 352 g/mol. The van der Waals surface area contributed by atoms with Crippen LogP contribution in [0.2, 0.25) is 5.02 Å². The molecule has 26 heavy (non-hydrogen) atoms. The molecule has 2 N–H and O–H groups in total. The van der Waals surface area contributed by atoms with Crippen LogP contribution in [0.3, 0.4) is 0 Å². The molecule has 0 unspecified atom stereocenters. The molecule has 0 radical (unpaired) electrons. The highest BCUT2D eigenvalue weighted by Gasteiger charge is 2.60. The third kappa shape index (κ3) is 2.38. The number of rotatable bonds is 4. The lowest BCUT2D eigenvalue weighted by atomic mass is 9.98. The number of nitrogens with two attached hydrogens (primary N) is 1. The average Bonchev–Trinajstić information content (AvgIpc) is 3.39. The number of carbonyl (C=O) groups excluding carboxylic acids is 2. The van der Waals surface area contributed by atoms with E-state index in [1.807, 2.05) is 24.3 Å². The Labute approximate surface area is 156 Å². The van der Waals surface area contributed by atoms with E-state index in [0.717, 1.165) is 29.7 Å². The molecule has 0 saturated heterocycles. The Hall–Kier alpha value is -2.53. The molecule has 1 saturated carbocycles. The van der Waals surface area contributed by atoms with Crippen molar-refractivity contribution in [3.8, 4) is 0 Å². The Balaban J connectivity index is 1.83. The summed E-state index contributed by atoms with van der Waals surface area (Å²) in [5.41, 5.74) is 9.44. The zero-order valence-electron chi connectivity index (χ0n) is 14.4. The van der Waals surface area contributed by atoms with E-state index in [2.05, 4.69) is 0 Å². The number of carbonyl (C=O) groups is 2. The lowest BCUT2D eigenvalue weighted by Gasteiger charge is -2.23. The lowest BCUT2D eigenvalue weighted by molar-refractivity contribution is -0.140. The van der Waals surface area contributed by atoms with Gasteiger partial charge in [0.1, 0.15) is 0 Å². The Morgan fingerprint density at radius 3 is 2.69 bits per heavy atom. The molecule has 1 aliphatic carbocycles. The molecule has 0 aromatic heterocycles. The van der Waals surface area contributed by atoms with Crippen molar-refractivity contribution in [2.75, 3.05) is 17.7 Å². The fourth-order valence-corrected chi connectivity index (χ4v) is 4.06. The number of halogens is 1. The molecule has 4 rings (SSSR count). The van der Waals surface area contributed by atoms with Crippen molar-refractivity contribution >= 4 is 40.5 Å². The second-order valence-corrected chi connectivity index (χ2v) is 7.19. The van der Waals surface area contributed by atoms with Crippen LogP contribution in [0.4, 0.5) is 17.1 Å². The number of hydrogen-bond acceptors (Lipinski definition) is 4. The Morgan fingerprint density at radius 1 is 1.27 bits per heavy atom. The van der Waals surface area contributed by atoms with Crippen LogP contribution >= 0.6 is 11.6 Å². The molecule has 1 amide bonds. The number of hydrogen-bond donors (Lipinski definition) is 1. The predicted molar refractivity (Wildman–Crippen MR) is 101 cm³/mol. The van der Waals surface area contributed by atoms with Gasteiger partial charge in [-0.2, -0.15) is 0 Å². The summed E-state index contributed by atoms with van der Waals surface area (Å²) in [7, 11) is 1.36. The fraction of sp³-hybridized carbons (Fsp3) is 0.300. The molecule has 134 valence electrons. The Bertz CT molecular complexity index is 921. The number of fused-ring (bicyclic) bond motifs is 2. The molecule has 1 aliphatic heterocycles. The van der Waals surface area contributed by atoms with E-state index in [0.29, 0.717) is 22.8 Å². The summed E-state index contributed by atoms with van der Waals surface area (Å²) in [6, 6.07) is 11.1. The summed E-state index contributed by atoms with van der Waals surface area (Å²) >= 11 is 6.48. The van der Waals surface area contributed by atoms with E-state index in [-0.39, 0.29) is 18.3 Å². The van der Waals surface area contributed by atoms with E-state index in [1.165, 1.54) is 7.11 Å².